The molecule has 0 bridgehead atoms. The van der Waals surface area contributed by atoms with Crippen molar-refractivity contribution in [1.82, 2.24) is 10.3 Å². The molecule has 0 aliphatic heterocycles. The SMILES string of the molecule is CC(OCC1CC1)C(=O)NCc1ccc(OC2CCCC2)nc1. The summed E-state index contributed by atoms with van der Waals surface area (Å²) >= 11 is 0. The quantitative estimate of drug-likeness (QED) is 0.800. The highest BCUT2D eigenvalue weighted by Gasteiger charge is 2.24. The van der Waals surface area contributed by atoms with Crippen LogP contribution in [0.25, 0.3) is 0 Å². The summed E-state index contributed by atoms with van der Waals surface area (Å²) in [4.78, 5) is 16.3. The Morgan fingerprint density at radius 1 is 1.30 bits per heavy atom. The number of hydrogen-bond donors (Lipinski definition) is 1. The maximum absolute atomic E-state index is 12.0. The van der Waals surface area contributed by atoms with Crippen molar-refractivity contribution in [2.24, 2.45) is 5.92 Å². The van der Waals surface area contributed by atoms with E-state index in [-0.39, 0.29) is 5.91 Å². The zero-order chi connectivity index (χ0) is 16.1. The van der Waals surface area contributed by atoms with Gasteiger partial charge in [0.1, 0.15) is 12.2 Å². The standard InChI is InChI=1S/C18H26N2O3/c1-13(22-12-14-6-7-14)18(21)20-11-15-8-9-17(19-10-15)23-16-4-2-3-5-16/h8-10,13-14,16H,2-7,11-12H2,1H3,(H,20,21). The fraction of sp³-hybridized carbons (Fsp3) is 0.667. The van der Waals surface area contributed by atoms with Crippen LogP contribution in [0.15, 0.2) is 18.3 Å². The third kappa shape index (κ3) is 5.20. The topological polar surface area (TPSA) is 60.5 Å². The van der Waals surface area contributed by atoms with E-state index < -0.39 is 6.10 Å². The Morgan fingerprint density at radius 2 is 2.09 bits per heavy atom. The summed E-state index contributed by atoms with van der Waals surface area (Å²) in [7, 11) is 0. The predicted octanol–water partition coefficient (Wildman–Crippen LogP) is 2.83. The molecule has 1 atom stereocenters. The fourth-order valence-corrected chi connectivity index (χ4v) is 2.74. The number of ether oxygens (including phenoxy) is 2. The molecule has 1 amide bonds. The highest BCUT2D eigenvalue weighted by molar-refractivity contribution is 5.80. The Bertz CT molecular complexity index is 508. The molecule has 5 heteroatoms. The second-order valence-corrected chi connectivity index (χ2v) is 6.67. The second-order valence-electron chi connectivity index (χ2n) is 6.67. The van der Waals surface area contributed by atoms with Crippen LogP contribution in [0.1, 0.15) is 51.0 Å². The maximum Gasteiger partial charge on any atom is 0.249 e. The summed E-state index contributed by atoms with van der Waals surface area (Å²) < 4.78 is 11.4. The van der Waals surface area contributed by atoms with E-state index in [1.165, 1.54) is 25.7 Å². The van der Waals surface area contributed by atoms with E-state index in [2.05, 4.69) is 10.3 Å². The van der Waals surface area contributed by atoms with Gasteiger partial charge < -0.3 is 14.8 Å². The number of aromatic nitrogens is 1. The van der Waals surface area contributed by atoms with Crippen LogP contribution in [0, 0.1) is 5.92 Å². The lowest BCUT2D eigenvalue weighted by atomic mass is 10.2. The number of nitrogens with zero attached hydrogens (tertiary/aromatic N) is 1. The number of pyridine rings is 1. The molecule has 2 aliphatic carbocycles. The van der Waals surface area contributed by atoms with E-state index in [0.29, 0.717) is 31.1 Å². The van der Waals surface area contributed by atoms with Crippen molar-refractivity contribution in [2.75, 3.05) is 6.61 Å². The van der Waals surface area contributed by atoms with Gasteiger partial charge in [0.25, 0.3) is 0 Å². The van der Waals surface area contributed by atoms with Crippen LogP contribution in [0.5, 0.6) is 5.88 Å². The summed E-state index contributed by atoms with van der Waals surface area (Å²) in [6, 6.07) is 3.83. The van der Waals surface area contributed by atoms with Crippen molar-refractivity contribution >= 4 is 5.91 Å². The molecule has 23 heavy (non-hydrogen) atoms. The second kappa shape index (κ2) is 7.77. The van der Waals surface area contributed by atoms with Gasteiger partial charge in [0.05, 0.1) is 6.61 Å². The normalized spacial score (nSPS) is 19.5. The molecule has 2 saturated carbocycles. The van der Waals surface area contributed by atoms with Crippen LogP contribution < -0.4 is 10.1 Å². The summed E-state index contributed by atoms with van der Waals surface area (Å²) in [6.45, 7) is 2.96. The van der Waals surface area contributed by atoms with E-state index in [0.717, 1.165) is 18.4 Å². The molecule has 1 N–H and O–H groups in total. The van der Waals surface area contributed by atoms with Gasteiger partial charge in [-0.2, -0.15) is 0 Å². The van der Waals surface area contributed by atoms with E-state index in [1.807, 2.05) is 12.1 Å². The van der Waals surface area contributed by atoms with Crippen LogP contribution in [-0.4, -0.2) is 29.7 Å². The van der Waals surface area contributed by atoms with Gasteiger partial charge in [-0.1, -0.05) is 6.07 Å². The van der Waals surface area contributed by atoms with Gasteiger partial charge in [-0.25, -0.2) is 4.98 Å². The zero-order valence-electron chi connectivity index (χ0n) is 13.8. The first-order valence-electron chi connectivity index (χ1n) is 8.71. The number of rotatable bonds is 8. The maximum atomic E-state index is 12.0. The van der Waals surface area contributed by atoms with Gasteiger partial charge in [0.15, 0.2) is 0 Å². The van der Waals surface area contributed by atoms with Gasteiger partial charge >= 0.3 is 0 Å². The monoisotopic (exact) mass is 318 g/mol. The molecule has 1 unspecified atom stereocenters. The first kappa shape index (κ1) is 16.2. The molecular formula is C18H26N2O3. The van der Waals surface area contributed by atoms with Gasteiger partial charge in [-0.05, 0) is 56.9 Å². The molecule has 1 aromatic heterocycles. The Labute approximate surface area is 137 Å². The minimum absolute atomic E-state index is 0.0723. The molecule has 3 rings (SSSR count). The Balaban J connectivity index is 1.39. The lowest BCUT2D eigenvalue weighted by Crippen LogP contribution is -2.34. The van der Waals surface area contributed by atoms with Crippen LogP contribution in [-0.2, 0) is 16.1 Å². The van der Waals surface area contributed by atoms with Crippen LogP contribution in [0.2, 0.25) is 0 Å². The minimum Gasteiger partial charge on any atom is -0.474 e. The van der Waals surface area contributed by atoms with E-state index in [4.69, 9.17) is 9.47 Å². The molecule has 2 aliphatic rings. The van der Waals surface area contributed by atoms with Crippen molar-refractivity contribution in [2.45, 2.75) is 64.2 Å². The van der Waals surface area contributed by atoms with Gasteiger partial charge in [0, 0.05) is 18.8 Å². The van der Waals surface area contributed by atoms with Crippen molar-refractivity contribution < 1.29 is 14.3 Å². The third-order valence-electron chi connectivity index (χ3n) is 4.50. The average molecular weight is 318 g/mol. The molecule has 5 nitrogen and oxygen atoms in total. The van der Waals surface area contributed by atoms with Gasteiger partial charge in [-0.3, -0.25) is 4.79 Å². The highest BCUT2D eigenvalue weighted by Crippen LogP contribution is 2.29. The van der Waals surface area contributed by atoms with Crippen molar-refractivity contribution in [3.05, 3.63) is 23.9 Å². The number of nitrogens with one attached hydrogen (secondary N) is 1. The third-order valence-corrected chi connectivity index (χ3v) is 4.50. The average Bonchev–Trinajstić information content (AvgIpc) is 3.27. The molecule has 0 saturated heterocycles. The van der Waals surface area contributed by atoms with Crippen LogP contribution >= 0.6 is 0 Å². The number of carbonyl (C=O) groups excluding carboxylic acids is 1. The minimum atomic E-state index is -0.395. The molecule has 1 heterocycles. The molecule has 126 valence electrons. The summed E-state index contributed by atoms with van der Waals surface area (Å²) in [5.41, 5.74) is 0.964. The predicted molar refractivity (Wildman–Crippen MR) is 87.1 cm³/mol. The first-order chi connectivity index (χ1) is 11.2. The van der Waals surface area contributed by atoms with Gasteiger partial charge in [0.2, 0.25) is 11.8 Å². The largest absolute Gasteiger partial charge is 0.474 e. The zero-order valence-corrected chi connectivity index (χ0v) is 13.8. The molecule has 0 aromatic carbocycles. The van der Waals surface area contributed by atoms with Crippen LogP contribution in [0.4, 0.5) is 0 Å². The smallest absolute Gasteiger partial charge is 0.249 e. The molecule has 2 fully saturated rings. The lowest BCUT2D eigenvalue weighted by Gasteiger charge is -2.14. The van der Waals surface area contributed by atoms with E-state index in [1.54, 1.807) is 13.1 Å². The lowest BCUT2D eigenvalue weighted by molar-refractivity contribution is -0.132. The first-order valence-corrected chi connectivity index (χ1v) is 8.71. The summed E-state index contributed by atoms with van der Waals surface area (Å²) in [5.74, 6) is 1.27. The van der Waals surface area contributed by atoms with Gasteiger partial charge in [-0.15, -0.1) is 0 Å². The number of amides is 1. The highest BCUT2D eigenvalue weighted by atomic mass is 16.5. The fourth-order valence-electron chi connectivity index (χ4n) is 2.74. The van der Waals surface area contributed by atoms with Crippen molar-refractivity contribution in [1.29, 1.82) is 0 Å². The molecule has 0 radical (unpaired) electrons. The molecule has 0 spiro atoms. The van der Waals surface area contributed by atoms with Crippen molar-refractivity contribution in [3.63, 3.8) is 0 Å². The Hall–Kier alpha value is -1.62. The van der Waals surface area contributed by atoms with E-state index >= 15 is 0 Å². The molecule has 1 aromatic rings. The Kier molecular flexibility index (Phi) is 5.49. The summed E-state index contributed by atoms with van der Waals surface area (Å²) in [6.07, 6.45) is 8.89. The van der Waals surface area contributed by atoms with Crippen molar-refractivity contribution in [3.8, 4) is 5.88 Å². The number of hydrogen-bond acceptors (Lipinski definition) is 4. The van der Waals surface area contributed by atoms with E-state index in [9.17, 15) is 4.79 Å². The Morgan fingerprint density at radius 3 is 2.74 bits per heavy atom. The van der Waals surface area contributed by atoms with Crippen LogP contribution in [0.3, 0.4) is 0 Å². The number of carbonyl (C=O) groups is 1. The summed E-state index contributed by atoms with van der Waals surface area (Å²) in [5, 5.41) is 2.89. The molecular weight excluding hydrogens is 292 g/mol.